The van der Waals surface area contributed by atoms with Crippen molar-refractivity contribution in [3.05, 3.63) is 59.7 Å². The van der Waals surface area contributed by atoms with Crippen LogP contribution in [0.15, 0.2) is 53.5 Å². The van der Waals surface area contributed by atoms with Gasteiger partial charge in [0.1, 0.15) is 5.84 Å². The molecule has 0 saturated carbocycles. The lowest BCUT2D eigenvalue weighted by molar-refractivity contribution is -0.120. The van der Waals surface area contributed by atoms with E-state index >= 15 is 0 Å². The van der Waals surface area contributed by atoms with Gasteiger partial charge < -0.3 is 25.3 Å². The number of likely N-dealkylation sites (N-methyl/N-ethyl adjacent to an activating group) is 1. The van der Waals surface area contributed by atoms with E-state index in [4.69, 9.17) is 4.99 Å². The van der Waals surface area contributed by atoms with Crippen molar-refractivity contribution >= 4 is 29.1 Å². The van der Waals surface area contributed by atoms with E-state index in [9.17, 15) is 9.59 Å². The van der Waals surface area contributed by atoms with Crippen molar-refractivity contribution in [1.29, 1.82) is 0 Å². The van der Waals surface area contributed by atoms with Crippen LogP contribution in [0.4, 0.5) is 16.2 Å². The first kappa shape index (κ1) is 23.8. The third-order valence-corrected chi connectivity index (χ3v) is 6.08. The number of carbonyl (C=O) groups is 2. The molecule has 4 rings (SSSR count). The minimum Gasteiger partial charge on any atom is -0.354 e. The van der Waals surface area contributed by atoms with Gasteiger partial charge in [-0.15, -0.1) is 0 Å². The normalized spacial score (nSPS) is 18.9. The van der Waals surface area contributed by atoms with Crippen LogP contribution in [0.5, 0.6) is 0 Å². The number of amides is 3. The summed E-state index contributed by atoms with van der Waals surface area (Å²) in [6.07, 6.45) is -1.02. The molecule has 1 saturated heterocycles. The Morgan fingerprint density at radius 3 is 2.53 bits per heavy atom. The zero-order valence-electron chi connectivity index (χ0n) is 20.4. The zero-order valence-corrected chi connectivity index (χ0v) is 20.4. The van der Waals surface area contributed by atoms with Gasteiger partial charge in [-0.2, -0.15) is 0 Å². The van der Waals surface area contributed by atoms with Crippen molar-refractivity contribution in [3.63, 3.8) is 0 Å². The number of carbonyl (C=O) groups excluding carboxylic acids is 2. The number of aliphatic imine (C=N–C) groups is 1. The molecule has 0 unspecified atom stereocenters. The third kappa shape index (κ3) is 5.39. The molecule has 0 radical (unpaired) electrons. The lowest BCUT2D eigenvalue weighted by atomic mass is 10.1. The molecule has 0 aliphatic carbocycles. The molecule has 2 heterocycles. The zero-order chi connectivity index (χ0) is 24.2. The van der Waals surface area contributed by atoms with Crippen LogP contribution in [0.3, 0.4) is 0 Å². The SMILES string of the molecule is Cc1cccc(NC(=O)N[C@@H]2N=C(N3CCN(C)CC3)c3ccccc3N(CC(C)C)C2=O)c1. The number of nitrogens with zero attached hydrogens (tertiary/aromatic N) is 4. The number of hydrogen-bond acceptors (Lipinski definition) is 5. The van der Waals surface area contributed by atoms with Gasteiger partial charge in [-0.3, -0.25) is 4.79 Å². The monoisotopic (exact) mass is 462 g/mol. The van der Waals surface area contributed by atoms with Gasteiger partial charge in [-0.1, -0.05) is 38.1 Å². The number of hydrogen-bond donors (Lipinski definition) is 2. The fourth-order valence-electron chi connectivity index (χ4n) is 4.34. The van der Waals surface area contributed by atoms with Crippen LogP contribution < -0.4 is 15.5 Å². The maximum atomic E-state index is 13.7. The van der Waals surface area contributed by atoms with Crippen molar-refractivity contribution in [3.8, 4) is 0 Å². The van der Waals surface area contributed by atoms with Crippen molar-refractivity contribution in [2.24, 2.45) is 10.9 Å². The fraction of sp³-hybridized carbons (Fsp3) is 0.423. The van der Waals surface area contributed by atoms with Crippen LogP contribution in [-0.2, 0) is 4.79 Å². The van der Waals surface area contributed by atoms with E-state index in [0.717, 1.165) is 48.8 Å². The van der Waals surface area contributed by atoms with Crippen LogP contribution in [-0.4, -0.2) is 73.5 Å². The lowest BCUT2D eigenvalue weighted by Gasteiger charge is -2.35. The second-order valence-corrected chi connectivity index (χ2v) is 9.47. The summed E-state index contributed by atoms with van der Waals surface area (Å²) >= 11 is 0. The van der Waals surface area contributed by atoms with Gasteiger partial charge in [0.25, 0.3) is 5.91 Å². The maximum Gasteiger partial charge on any atom is 0.321 e. The second-order valence-electron chi connectivity index (χ2n) is 9.47. The van der Waals surface area contributed by atoms with Crippen LogP contribution in [0, 0.1) is 12.8 Å². The van der Waals surface area contributed by atoms with Gasteiger partial charge in [0.15, 0.2) is 0 Å². The van der Waals surface area contributed by atoms with Crippen molar-refractivity contribution in [2.75, 3.05) is 50.0 Å². The summed E-state index contributed by atoms with van der Waals surface area (Å²) in [7, 11) is 2.11. The first-order valence-electron chi connectivity index (χ1n) is 11.9. The van der Waals surface area contributed by atoms with Crippen LogP contribution in [0.25, 0.3) is 0 Å². The molecule has 3 amide bonds. The van der Waals surface area contributed by atoms with Crippen LogP contribution >= 0.6 is 0 Å². The second kappa shape index (κ2) is 10.3. The summed E-state index contributed by atoms with van der Waals surface area (Å²) in [5, 5.41) is 5.66. The molecule has 180 valence electrons. The summed E-state index contributed by atoms with van der Waals surface area (Å²) in [6, 6.07) is 15.0. The third-order valence-electron chi connectivity index (χ3n) is 6.08. The van der Waals surface area contributed by atoms with Gasteiger partial charge in [0.2, 0.25) is 6.17 Å². The molecular weight excluding hydrogens is 428 g/mol. The van der Waals surface area contributed by atoms with E-state index in [1.54, 1.807) is 4.90 Å². The van der Waals surface area contributed by atoms with E-state index in [2.05, 4.69) is 41.3 Å². The van der Waals surface area contributed by atoms with Gasteiger partial charge in [0, 0.05) is 44.0 Å². The van der Waals surface area contributed by atoms with Gasteiger partial charge in [-0.05, 0) is 49.7 Å². The Labute approximate surface area is 201 Å². The number of para-hydroxylation sites is 1. The highest BCUT2D eigenvalue weighted by molar-refractivity contribution is 6.12. The Bertz CT molecular complexity index is 1070. The first-order chi connectivity index (χ1) is 16.3. The number of benzene rings is 2. The van der Waals surface area contributed by atoms with Gasteiger partial charge in [0.05, 0.1) is 5.69 Å². The molecular formula is C26H34N6O2. The number of rotatable bonds is 4. The lowest BCUT2D eigenvalue weighted by Crippen LogP contribution is -2.50. The molecule has 2 aromatic rings. The summed E-state index contributed by atoms with van der Waals surface area (Å²) in [4.78, 5) is 37.7. The van der Waals surface area contributed by atoms with E-state index < -0.39 is 12.2 Å². The van der Waals surface area contributed by atoms with Gasteiger partial charge in [-0.25, -0.2) is 9.79 Å². The molecule has 8 heteroatoms. The number of amidine groups is 1. The number of piperazine rings is 1. The number of aryl methyl sites for hydroxylation is 1. The Balaban J connectivity index is 1.68. The highest BCUT2D eigenvalue weighted by atomic mass is 16.2. The molecule has 8 nitrogen and oxygen atoms in total. The number of urea groups is 1. The fourth-order valence-corrected chi connectivity index (χ4v) is 4.34. The average Bonchev–Trinajstić information content (AvgIpc) is 2.90. The Hall–Kier alpha value is -3.39. The molecule has 2 N–H and O–H groups in total. The molecule has 2 aliphatic heterocycles. The summed E-state index contributed by atoms with van der Waals surface area (Å²) in [5.74, 6) is 0.776. The number of anilines is 2. The van der Waals surface area contributed by atoms with Crippen molar-refractivity contribution in [1.82, 2.24) is 15.1 Å². The van der Waals surface area contributed by atoms with Crippen molar-refractivity contribution < 1.29 is 9.59 Å². The van der Waals surface area contributed by atoms with Crippen LogP contribution in [0.1, 0.15) is 25.0 Å². The molecule has 1 fully saturated rings. The summed E-state index contributed by atoms with van der Waals surface area (Å²) in [5.41, 5.74) is 3.47. The average molecular weight is 463 g/mol. The number of nitrogens with one attached hydrogen (secondary N) is 2. The first-order valence-corrected chi connectivity index (χ1v) is 11.9. The minimum atomic E-state index is -1.02. The smallest absolute Gasteiger partial charge is 0.321 e. The van der Waals surface area contributed by atoms with E-state index in [1.807, 2.05) is 55.5 Å². The molecule has 1 atom stereocenters. The molecule has 0 aromatic heterocycles. The number of fused-ring (bicyclic) bond motifs is 1. The Kier molecular flexibility index (Phi) is 7.17. The standard InChI is InChI=1S/C26H34N6O2/c1-18(2)17-32-22-11-6-5-10-21(22)24(31-14-12-30(4)13-15-31)28-23(25(32)33)29-26(34)27-20-9-7-8-19(3)16-20/h5-11,16,18,23H,12-15,17H2,1-4H3,(H2,27,29,34)/t23-/m0/s1. The van der Waals surface area contributed by atoms with Crippen LogP contribution in [0.2, 0.25) is 0 Å². The highest BCUT2D eigenvalue weighted by Crippen LogP contribution is 2.28. The van der Waals surface area contributed by atoms with Gasteiger partial charge >= 0.3 is 6.03 Å². The quantitative estimate of drug-likeness (QED) is 0.732. The van der Waals surface area contributed by atoms with E-state index in [-0.39, 0.29) is 11.8 Å². The Morgan fingerprint density at radius 2 is 1.82 bits per heavy atom. The van der Waals surface area contributed by atoms with E-state index in [1.165, 1.54) is 0 Å². The Morgan fingerprint density at radius 1 is 1.09 bits per heavy atom. The summed E-state index contributed by atoms with van der Waals surface area (Å²) < 4.78 is 0. The predicted octanol–water partition coefficient (Wildman–Crippen LogP) is 3.14. The van der Waals surface area contributed by atoms with Crippen molar-refractivity contribution in [2.45, 2.75) is 26.9 Å². The molecule has 2 aromatic carbocycles. The molecule has 34 heavy (non-hydrogen) atoms. The summed E-state index contributed by atoms with van der Waals surface area (Å²) in [6.45, 7) is 10.1. The number of benzodiazepines with no additional fused rings is 1. The van der Waals surface area contributed by atoms with E-state index in [0.29, 0.717) is 12.2 Å². The predicted molar refractivity (Wildman–Crippen MR) is 136 cm³/mol. The minimum absolute atomic E-state index is 0.232. The molecule has 2 aliphatic rings. The topological polar surface area (TPSA) is 80.3 Å². The molecule has 0 spiro atoms. The maximum absolute atomic E-state index is 13.7. The largest absolute Gasteiger partial charge is 0.354 e. The molecule has 0 bridgehead atoms. The highest BCUT2D eigenvalue weighted by Gasteiger charge is 2.35.